The second-order valence-corrected chi connectivity index (χ2v) is 9.16. The topological polar surface area (TPSA) is 40.2 Å². The summed E-state index contributed by atoms with van der Waals surface area (Å²) < 4.78 is 24.4. The molecular formula is C25H48O4. The minimum atomic E-state index is -0.886. The van der Waals surface area contributed by atoms with E-state index in [2.05, 4.69) is 13.8 Å². The van der Waals surface area contributed by atoms with Crippen molar-refractivity contribution in [1.29, 1.82) is 0 Å². The molecule has 0 bridgehead atoms. The maximum absolute atomic E-state index is 6.22. The molecule has 0 spiro atoms. The summed E-state index contributed by atoms with van der Waals surface area (Å²) in [4.78, 5) is 0. The molecule has 1 heterocycles. The summed E-state index contributed by atoms with van der Waals surface area (Å²) in [7, 11) is 0. The Morgan fingerprint density at radius 2 is 1.45 bits per heavy atom. The maximum atomic E-state index is 6.22. The van der Waals surface area contributed by atoms with Gasteiger partial charge in [0.2, 0.25) is 0 Å². The SMILES string of the molecule is CCCCCCCCC(CC(C)C1CCC2OC2C1)C(OCC)(OCC)OCC. The van der Waals surface area contributed by atoms with Crippen molar-refractivity contribution in [3.8, 4) is 0 Å². The third kappa shape index (κ3) is 7.79. The van der Waals surface area contributed by atoms with E-state index in [-0.39, 0.29) is 5.92 Å². The average Bonchev–Trinajstić information content (AvgIpc) is 3.49. The van der Waals surface area contributed by atoms with Gasteiger partial charge < -0.3 is 18.9 Å². The monoisotopic (exact) mass is 412 g/mol. The van der Waals surface area contributed by atoms with Crippen LogP contribution in [-0.2, 0) is 18.9 Å². The zero-order valence-electron chi connectivity index (χ0n) is 19.9. The van der Waals surface area contributed by atoms with E-state index < -0.39 is 5.97 Å². The Balaban J connectivity index is 2.00. The van der Waals surface area contributed by atoms with Crippen molar-refractivity contribution in [2.45, 2.75) is 123 Å². The van der Waals surface area contributed by atoms with Crippen molar-refractivity contribution in [1.82, 2.24) is 0 Å². The van der Waals surface area contributed by atoms with Crippen LogP contribution in [0.4, 0.5) is 0 Å². The predicted molar refractivity (Wildman–Crippen MR) is 119 cm³/mol. The first kappa shape index (κ1) is 25.1. The highest BCUT2D eigenvalue weighted by Crippen LogP contribution is 2.45. The van der Waals surface area contributed by atoms with Crippen LogP contribution in [0.3, 0.4) is 0 Å². The normalized spacial score (nSPS) is 26.2. The molecule has 4 heteroatoms. The molecule has 4 nitrogen and oxygen atoms in total. The van der Waals surface area contributed by atoms with Crippen molar-refractivity contribution in [2.24, 2.45) is 17.8 Å². The van der Waals surface area contributed by atoms with Gasteiger partial charge in [0.15, 0.2) is 0 Å². The first-order valence-corrected chi connectivity index (χ1v) is 12.7. The van der Waals surface area contributed by atoms with Crippen LogP contribution < -0.4 is 0 Å². The van der Waals surface area contributed by atoms with E-state index in [4.69, 9.17) is 18.9 Å². The molecule has 1 aliphatic carbocycles. The molecule has 29 heavy (non-hydrogen) atoms. The van der Waals surface area contributed by atoms with Gasteiger partial charge in [0, 0.05) is 25.7 Å². The summed E-state index contributed by atoms with van der Waals surface area (Å²) in [5, 5.41) is 0. The minimum absolute atomic E-state index is 0.279. The lowest BCUT2D eigenvalue weighted by Crippen LogP contribution is -2.47. The Hall–Kier alpha value is -0.160. The molecule has 0 aromatic carbocycles. The number of epoxide rings is 1. The van der Waals surface area contributed by atoms with E-state index >= 15 is 0 Å². The van der Waals surface area contributed by atoms with Gasteiger partial charge in [-0.05, 0) is 64.7 Å². The molecule has 2 fully saturated rings. The Bertz CT molecular complexity index is 410. The van der Waals surface area contributed by atoms with Crippen LogP contribution in [-0.4, -0.2) is 38.0 Å². The first-order valence-electron chi connectivity index (χ1n) is 12.7. The third-order valence-electron chi connectivity index (χ3n) is 6.95. The highest BCUT2D eigenvalue weighted by Gasteiger charge is 2.47. The Morgan fingerprint density at radius 1 is 0.828 bits per heavy atom. The molecule has 1 saturated carbocycles. The molecule has 5 unspecified atom stereocenters. The molecule has 5 atom stereocenters. The maximum Gasteiger partial charge on any atom is 0.285 e. The smallest absolute Gasteiger partial charge is 0.285 e. The molecule has 0 amide bonds. The molecule has 0 radical (unpaired) electrons. The van der Waals surface area contributed by atoms with Gasteiger partial charge in [-0.1, -0.05) is 52.4 Å². The number of hydrogen-bond acceptors (Lipinski definition) is 4. The Morgan fingerprint density at radius 3 is 2.03 bits per heavy atom. The van der Waals surface area contributed by atoms with E-state index in [1.807, 2.05) is 20.8 Å². The summed E-state index contributed by atoms with van der Waals surface area (Å²) in [6.07, 6.45) is 15.0. The van der Waals surface area contributed by atoms with Crippen LogP contribution in [0.2, 0.25) is 0 Å². The van der Waals surface area contributed by atoms with Crippen LogP contribution in [0.15, 0.2) is 0 Å². The number of ether oxygens (including phenoxy) is 4. The Labute approximate surface area is 180 Å². The molecule has 0 N–H and O–H groups in total. The van der Waals surface area contributed by atoms with Crippen LogP contribution in [0, 0.1) is 17.8 Å². The lowest BCUT2D eigenvalue weighted by atomic mass is 9.76. The molecule has 0 aromatic heterocycles. The van der Waals surface area contributed by atoms with Gasteiger partial charge in [0.1, 0.15) is 0 Å². The summed E-state index contributed by atoms with van der Waals surface area (Å²) in [6, 6.07) is 0. The van der Waals surface area contributed by atoms with Crippen LogP contribution in [0.1, 0.15) is 105 Å². The Kier molecular flexibility index (Phi) is 11.5. The lowest BCUT2D eigenvalue weighted by Gasteiger charge is -2.41. The summed E-state index contributed by atoms with van der Waals surface area (Å²) >= 11 is 0. The standard InChI is InChI=1S/C25H48O4/c1-6-10-11-12-13-14-15-22(25(26-7-2,27-8-3)28-9-4)18-20(5)21-16-17-23-24(19-21)29-23/h20-24H,6-19H2,1-5H3. The van der Waals surface area contributed by atoms with E-state index in [9.17, 15) is 0 Å². The highest BCUT2D eigenvalue weighted by molar-refractivity contribution is 4.93. The molecule has 2 aliphatic rings. The first-order chi connectivity index (χ1) is 14.1. The summed E-state index contributed by atoms with van der Waals surface area (Å²) in [5.74, 6) is 0.796. The third-order valence-corrected chi connectivity index (χ3v) is 6.95. The van der Waals surface area contributed by atoms with Gasteiger partial charge in [-0.15, -0.1) is 0 Å². The van der Waals surface area contributed by atoms with Crippen LogP contribution >= 0.6 is 0 Å². The fourth-order valence-electron chi connectivity index (χ4n) is 5.29. The minimum Gasteiger partial charge on any atom is -0.370 e. The molecule has 0 aromatic rings. The number of fused-ring (bicyclic) bond motifs is 1. The van der Waals surface area contributed by atoms with Crippen LogP contribution in [0.25, 0.3) is 0 Å². The van der Waals surface area contributed by atoms with Crippen molar-refractivity contribution in [2.75, 3.05) is 19.8 Å². The van der Waals surface area contributed by atoms with Gasteiger partial charge in [0.05, 0.1) is 12.2 Å². The average molecular weight is 413 g/mol. The van der Waals surface area contributed by atoms with Gasteiger partial charge in [-0.3, -0.25) is 0 Å². The van der Waals surface area contributed by atoms with E-state index in [1.165, 1.54) is 57.8 Å². The molecule has 172 valence electrons. The van der Waals surface area contributed by atoms with E-state index in [0.717, 1.165) is 18.8 Å². The molecule has 2 rings (SSSR count). The van der Waals surface area contributed by atoms with Gasteiger partial charge in [-0.2, -0.15) is 0 Å². The molecule has 1 aliphatic heterocycles. The fraction of sp³-hybridized carbons (Fsp3) is 1.00. The second-order valence-electron chi connectivity index (χ2n) is 9.16. The highest BCUT2D eigenvalue weighted by atomic mass is 16.9. The van der Waals surface area contributed by atoms with Crippen molar-refractivity contribution in [3.05, 3.63) is 0 Å². The van der Waals surface area contributed by atoms with Gasteiger partial charge in [0.25, 0.3) is 5.97 Å². The number of rotatable bonds is 17. The van der Waals surface area contributed by atoms with Crippen molar-refractivity contribution < 1.29 is 18.9 Å². The molecular weight excluding hydrogens is 364 g/mol. The number of unbranched alkanes of at least 4 members (excludes halogenated alkanes) is 5. The fourth-order valence-corrected chi connectivity index (χ4v) is 5.29. The lowest BCUT2D eigenvalue weighted by molar-refractivity contribution is -0.404. The quantitative estimate of drug-likeness (QED) is 0.151. The summed E-state index contributed by atoms with van der Waals surface area (Å²) in [6.45, 7) is 12.7. The largest absolute Gasteiger partial charge is 0.370 e. The zero-order chi connectivity index (χ0) is 21.1. The second kappa shape index (κ2) is 13.3. The van der Waals surface area contributed by atoms with E-state index in [1.54, 1.807) is 0 Å². The van der Waals surface area contributed by atoms with Crippen molar-refractivity contribution >= 4 is 0 Å². The van der Waals surface area contributed by atoms with Crippen LogP contribution in [0.5, 0.6) is 0 Å². The molecule has 1 saturated heterocycles. The van der Waals surface area contributed by atoms with Crippen molar-refractivity contribution in [3.63, 3.8) is 0 Å². The predicted octanol–water partition coefficient (Wildman–Crippen LogP) is 6.71. The summed E-state index contributed by atoms with van der Waals surface area (Å²) in [5.41, 5.74) is 0. The van der Waals surface area contributed by atoms with Gasteiger partial charge in [-0.25, -0.2) is 0 Å². The zero-order valence-corrected chi connectivity index (χ0v) is 19.9. The van der Waals surface area contributed by atoms with Gasteiger partial charge >= 0.3 is 0 Å². The van der Waals surface area contributed by atoms with E-state index in [0.29, 0.717) is 37.9 Å². The number of hydrogen-bond donors (Lipinski definition) is 0.